The van der Waals surface area contributed by atoms with E-state index in [1.807, 2.05) is 24.3 Å². The fourth-order valence-electron chi connectivity index (χ4n) is 3.72. The van der Waals surface area contributed by atoms with Crippen LogP contribution >= 0.6 is 0 Å². The lowest BCUT2D eigenvalue weighted by molar-refractivity contribution is 0.209. The van der Waals surface area contributed by atoms with Crippen LogP contribution < -0.4 is 20.8 Å². The van der Waals surface area contributed by atoms with Crippen LogP contribution in [0.1, 0.15) is 20.8 Å². The fourth-order valence-corrected chi connectivity index (χ4v) is 8.26. The van der Waals surface area contributed by atoms with Crippen LogP contribution in [0.3, 0.4) is 0 Å². The van der Waals surface area contributed by atoms with Crippen LogP contribution in [0.2, 0.25) is 5.04 Å². The third kappa shape index (κ3) is 4.13. The van der Waals surface area contributed by atoms with Gasteiger partial charge in [0.05, 0.1) is 12.3 Å². The van der Waals surface area contributed by atoms with Crippen molar-refractivity contribution in [2.45, 2.75) is 25.8 Å². The van der Waals surface area contributed by atoms with E-state index >= 15 is 0 Å². The molecule has 0 heterocycles. The van der Waals surface area contributed by atoms with E-state index < -0.39 is 8.32 Å². The maximum Gasteiger partial charge on any atom is 0.261 e. The third-order valence-corrected chi connectivity index (χ3v) is 10.0. The molecule has 2 N–H and O–H groups in total. The fraction of sp³-hybridized carbons (Fsp3) is 0.250. The van der Waals surface area contributed by atoms with Gasteiger partial charge in [-0.3, -0.25) is 0 Å². The molecule has 3 aromatic rings. The lowest BCUT2D eigenvalue weighted by atomic mass is 10.2. The molecule has 28 heavy (non-hydrogen) atoms. The summed E-state index contributed by atoms with van der Waals surface area (Å²) >= 11 is 0. The number of para-hydroxylation sites is 2. The summed E-state index contributed by atoms with van der Waals surface area (Å²) in [6.07, 6.45) is 0. The molecule has 0 aliphatic rings. The van der Waals surface area contributed by atoms with Gasteiger partial charge in [0.1, 0.15) is 12.4 Å². The topological polar surface area (TPSA) is 44.5 Å². The molecule has 0 saturated carbocycles. The standard InChI is InChI=1S/C24H29NO2Si/c1-24(2,3)28(20-12-6-4-7-13-20,21-14-8-5-9-15-21)27-19-18-26-23-17-11-10-16-22(23)25/h4-17H,18-19,25H2,1-3H3. The van der Waals surface area contributed by atoms with Crippen LogP contribution in [-0.2, 0) is 4.43 Å². The average molecular weight is 392 g/mol. The minimum atomic E-state index is -2.51. The van der Waals surface area contributed by atoms with E-state index in [0.29, 0.717) is 24.7 Å². The van der Waals surface area contributed by atoms with Crippen LogP contribution in [0.15, 0.2) is 84.9 Å². The van der Waals surface area contributed by atoms with Gasteiger partial charge in [-0.2, -0.15) is 0 Å². The maximum absolute atomic E-state index is 6.80. The first-order chi connectivity index (χ1) is 13.4. The normalized spacial score (nSPS) is 12.0. The quantitative estimate of drug-likeness (QED) is 0.372. The second-order valence-corrected chi connectivity index (χ2v) is 12.2. The minimum Gasteiger partial charge on any atom is -0.489 e. The Morgan fingerprint density at radius 2 is 1.21 bits per heavy atom. The van der Waals surface area contributed by atoms with Crippen molar-refractivity contribution in [1.82, 2.24) is 0 Å². The highest BCUT2D eigenvalue weighted by molar-refractivity contribution is 6.99. The molecule has 3 nitrogen and oxygen atoms in total. The Labute approximate surface area is 169 Å². The van der Waals surface area contributed by atoms with Crippen molar-refractivity contribution in [3.05, 3.63) is 84.9 Å². The molecule has 0 radical (unpaired) electrons. The molecule has 0 aromatic heterocycles. The first kappa shape index (κ1) is 20.2. The van der Waals surface area contributed by atoms with Crippen molar-refractivity contribution < 1.29 is 9.16 Å². The van der Waals surface area contributed by atoms with E-state index in [4.69, 9.17) is 14.9 Å². The Morgan fingerprint density at radius 3 is 1.71 bits per heavy atom. The van der Waals surface area contributed by atoms with E-state index in [9.17, 15) is 0 Å². The van der Waals surface area contributed by atoms with Gasteiger partial charge in [0, 0.05) is 0 Å². The molecule has 0 spiro atoms. The van der Waals surface area contributed by atoms with Crippen LogP contribution in [0.4, 0.5) is 5.69 Å². The Bertz CT molecular complexity index is 836. The average Bonchev–Trinajstić information content (AvgIpc) is 2.70. The number of benzene rings is 3. The van der Waals surface area contributed by atoms with Crippen molar-refractivity contribution >= 4 is 24.4 Å². The largest absolute Gasteiger partial charge is 0.489 e. The summed E-state index contributed by atoms with van der Waals surface area (Å²) in [7, 11) is -2.51. The summed E-state index contributed by atoms with van der Waals surface area (Å²) in [6, 6.07) is 28.8. The summed E-state index contributed by atoms with van der Waals surface area (Å²) in [4.78, 5) is 0. The molecule has 0 unspecified atom stereocenters. The van der Waals surface area contributed by atoms with Crippen molar-refractivity contribution in [1.29, 1.82) is 0 Å². The number of hydrogen-bond acceptors (Lipinski definition) is 3. The molecule has 0 fully saturated rings. The molecule has 0 atom stereocenters. The number of rotatable bonds is 7. The molecule has 0 aliphatic carbocycles. The summed E-state index contributed by atoms with van der Waals surface area (Å²) in [6.45, 7) is 7.78. The van der Waals surface area contributed by atoms with E-state index in [2.05, 4.69) is 81.4 Å². The first-order valence-electron chi connectivity index (χ1n) is 9.67. The van der Waals surface area contributed by atoms with Gasteiger partial charge in [0.2, 0.25) is 0 Å². The minimum absolute atomic E-state index is 0.0402. The lowest BCUT2D eigenvalue weighted by Gasteiger charge is -2.43. The highest BCUT2D eigenvalue weighted by Crippen LogP contribution is 2.36. The highest BCUT2D eigenvalue weighted by atomic mass is 28.4. The van der Waals surface area contributed by atoms with Gasteiger partial charge in [0.25, 0.3) is 8.32 Å². The van der Waals surface area contributed by atoms with Gasteiger partial charge in [-0.15, -0.1) is 0 Å². The number of nitrogens with two attached hydrogens (primary N) is 1. The molecule has 0 saturated heterocycles. The van der Waals surface area contributed by atoms with Crippen LogP contribution in [0.5, 0.6) is 5.75 Å². The van der Waals surface area contributed by atoms with Crippen LogP contribution in [0.25, 0.3) is 0 Å². The van der Waals surface area contributed by atoms with Crippen LogP contribution in [0, 0.1) is 0 Å². The van der Waals surface area contributed by atoms with Gasteiger partial charge < -0.3 is 14.9 Å². The number of anilines is 1. The third-order valence-electron chi connectivity index (χ3n) is 5.00. The first-order valence-corrected chi connectivity index (χ1v) is 11.6. The number of nitrogen functional groups attached to an aromatic ring is 1. The van der Waals surface area contributed by atoms with E-state index in [0.717, 1.165) is 0 Å². The van der Waals surface area contributed by atoms with Gasteiger partial charge >= 0.3 is 0 Å². The Hall–Kier alpha value is -2.56. The maximum atomic E-state index is 6.80. The van der Waals surface area contributed by atoms with Crippen LogP contribution in [-0.4, -0.2) is 21.5 Å². The SMILES string of the molecule is CC(C)(C)[Si](OCCOc1ccccc1N)(c1ccccc1)c1ccccc1. The Morgan fingerprint density at radius 1 is 0.714 bits per heavy atom. The second-order valence-electron chi connectivity index (χ2n) is 7.90. The zero-order valence-electron chi connectivity index (χ0n) is 16.9. The highest BCUT2D eigenvalue weighted by Gasteiger charge is 2.50. The predicted octanol–water partition coefficient (Wildman–Crippen LogP) is 4.22. The van der Waals surface area contributed by atoms with Crippen molar-refractivity contribution in [3.8, 4) is 5.75 Å². The van der Waals surface area contributed by atoms with Gasteiger partial charge in [-0.25, -0.2) is 0 Å². The van der Waals surface area contributed by atoms with Crippen molar-refractivity contribution in [3.63, 3.8) is 0 Å². The number of ether oxygens (including phenoxy) is 1. The van der Waals surface area contributed by atoms with E-state index in [1.54, 1.807) is 0 Å². The lowest BCUT2D eigenvalue weighted by Crippen LogP contribution is -2.66. The Kier molecular flexibility index (Phi) is 6.22. The number of hydrogen-bond donors (Lipinski definition) is 1. The molecule has 146 valence electrons. The van der Waals surface area contributed by atoms with E-state index in [1.165, 1.54) is 10.4 Å². The van der Waals surface area contributed by atoms with Gasteiger partial charge in [-0.1, -0.05) is 93.6 Å². The molecular formula is C24H29NO2Si. The van der Waals surface area contributed by atoms with Gasteiger partial charge in [0.15, 0.2) is 0 Å². The summed E-state index contributed by atoms with van der Waals surface area (Å²) in [5.41, 5.74) is 6.63. The molecule has 3 rings (SSSR count). The summed E-state index contributed by atoms with van der Waals surface area (Å²) in [5.74, 6) is 0.702. The molecule has 4 heteroatoms. The van der Waals surface area contributed by atoms with E-state index in [-0.39, 0.29) is 5.04 Å². The summed E-state index contributed by atoms with van der Waals surface area (Å²) < 4.78 is 12.7. The van der Waals surface area contributed by atoms with Crippen molar-refractivity contribution in [2.75, 3.05) is 18.9 Å². The monoisotopic (exact) mass is 391 g/mol. The molecule has 0 bridgehead atoms. The van der Waals surface area contributed by atoms with Crippen molar-refractivity contribution in [2.24, 2.45) is 0 Å². The zero-order chi connectivity index (χ0) is 20.0. The smallest absolute Gasteiger partial charge is 0.261 e. The molecule has 3 aromatic carbocycles. The zero-order valence-corrected chi connectivity index (χ0v) is 17.9. The van der Waals surface area contributed by atoms with Gasteiger partial charge in [-0.05, 0) is 27.5 Å². The summed E-state index contributed by atoms with van der Waals surface area (Å²) in [5, 5.41) is 2.50. The second kappa shape index (κ2) is 8.63. The molecule has 0 aliphatic heterocycles. The predicted molar refractivity (Wildman–Crippen MR) is 120 cm³/mol. The molecular weight excluding hydrogens is 362 g/mol. The molecule has 0 amide bonds. The Balaban J connectivity index is 1.89.